The van der Waals surface area contributed by atoms with Gasteiger partial charge < -0.3 is 18.9 Å². The lowest BCUT2D eigenvalue weighted by Gasteiger charge is -2.21. The molecule has 23 heavy (non-hydrogen) atoms. The Kier molecular flexibility index (Phi) is 4.04. The first kappa shape index (κ1) is 15.5. The predicted molar refractivity (Wildman–Crippen MR) is 82.4 cm³/mol. The van der Waals surface area contributed by atoms with Crippen LogP contribution in [-0.2, 0) is 20.8 Å². The Hall–Kier alpha value is -2.41. The number of esters is 1. The molecule has 1 unspecified atom stereocenters. The third-order valence-electron chi connectivity index (χ3n) is 4.07. The fourth-order valence-electron chi connectivity index (χ4n) is 2.89. The quantitative estimate of drug-likeness (QED) is 0.784. The highest BCUT2D eigenvalue weighted by molar-refractivity contribution is 6.02. The van der Waals surface area contributed by atoms with E-state index in [0.29, 0.717) is 24.2 Å². The number of carbonyl (C=O) groups is 2. The molecule has 2 aliphatic rings. The number of imidazole rings is 1. The van der Waals surface area contributed by atoms with Gasteiger partial charge in [-0.3, -0.25) is 4.79 Å². The van der Waals surface area contributed by atoms with Gasteiger partial charge in [0, 0.05) is 26.2 Å². The molecule has 122 valence electrons. The molecule has 1 aromatic heterocycles. The van der Waals surface area contributed by atoms with Crippen LogP contribution in [0, 0.1) is 0 Å². The molecule has 0 aromatic carbocycles. The predicted octanol–water partition coefficient (Wildman–Crippen LogP) is 1.22. The van der Waals surface area contributed by atoms with Gasteiger partial charge in [0.05, 0.1) is 30.6 Å². The van der Waals surface area contributed by atoms with E-state index in [4.69, 9.17) is 9.47 Å². The first-order chi connectivity index (χ1) is 11.1. The fraction of sp³-hybridized carbons (Fsp3) is 0.438. The number of likely N-dealkylation sites (N-methyl/N-ethyl adjacent to an activating group) is 1. The number of rotatable bonds is 3. The molecule has 0 N–H and O–H groups in total. The van der Waals surface area contributed by atoms with Crippen molar-refractivity contribution in [2.45, 2.75) is 26.0 Å². The van der Waals surface area contributed by atoms with Gasteiger partial charge in [-0.1, -0.05) is 6.08 Å². The van der Waals surface area contributed by atoms with Gasteiger partial charge in [-0.25, -0.2) is 9.78 Å². The number of ether oxygens (including phenoxy) is 2. The number of nitrogens with zero attached hydrogens (tertiary/aromatic N) is 3. The van der Waals surface area contributed by atoms with E-state index >= 15 is 0 Å². The highest BCUT2D eigenvalue weighted by Crippen LogP contribution is 2.31. The summed E-state index contributed by atoms with van der Waals surface area (Å²) < 4.78 is 12.2. The number of methoxy groups -OCH3 is 1. The van der Waals surface area contributed by atoms with Crippen molar-refractivity contribution in [3.8, 4) is 0 Å². The van der Waals surface area contributed by atoms with Gasteiger partial charge in [0.1, 0.15) is 6.33 Å². The minimum absolute atomic E-state index is 0.0649. The molecule has 0 saturated carbocycles. The third-order valence-corrected chi connectivity index (χ3v) is 4.07. The van der Waals surface area contributed by atoms with Crippen LogP contribution in [0.15, 0.2) is 24.1 Å². The van der Waals surface area contributed by atoms with E-state index in [2.05, 4.69) is 4.98 Å². The largest absolute Gasteiger partial charge is 0.461 e. The van der Waals surface area contributed by atoms with E-state index in [9.17, 15) is 9.59 Å². The molecule has 1 aromatic rings. The van der Waals surface area contributed by atoms with E-state index in [0.717, 1.165) is 5.70 Å². The topological polar surface area (TPSA) is 73.7 Å². The van der Waals surface area contributed by atoms with Crippen LogP contribution in [0.25, 0.3) is 5.70 Å². The Balaban J connectivity index is 2.10. The Morgan fingerprint density at radius 2 is 2.26 bits per heavy atom. The first-order valence-electron chi connectivity index (χ1n) is 7.50. The average Bonchev–Trinajstić information content (AvgIpc) is 2.93. The summed E-state index contributed by atoms with van der Waals surface area (Å²) in [6.45, 7) is 2.33. The second-order valence-electron chi connectivity index (χ2n) is 5.49. The van der Waals surface area contributed by atoms with E-state index in [1.165, 1.54) is 0 Å². The van der Waals surface area contributed by atoms with Crippen LogP contribution in [0.4, 0.5) is 0 Å². The number of carbonyl (C=O) groups excluding carboxylic acids is 2. The lowest BCUT2D eigenvalue weighted by molar-refractivity contribution is -0.126. The molecule has 7 nitrogen and oxygen atoms in total. The van der Waals surface area contributed by atoms with Crippen LogP contribution >= 0.6 is 0 Å². The number of fused-ring (bicyclic) bond motifs is 2. The van der Waals surface area contributed by atoms with Crippen molar-refractivity contribution in [3.05, 3.63) is 35.4 Å². The smallest absolute Gasteiger partial charge is 0.358 e. The van der Waals surface area contributed by atoms with Crippen molar-refractivity contribution in [1.82, 2.24) is 14.5 Å². The average molecular weight is 317 g/mol. The summed E-state index contributed by atoms with van der Waals surface area (Å²) in [4.78, 5) is 30.5. The first-order valence-corrected chi connectivity index (χ1v) is 7.50. The zero-order valence-corrected chi connectivity index (χ0v) is 13.4. The molecule has 1 aliphatic heterocycles. The molecule has 1 aliphatic carbocycles. The second-order valence-corrected chi connectivity index (χ2v) is 5.49. The molecule has 1 amide bonds. The van der Waals surface area contributed by atoms with E-state index in [1.807, 2.05) is 12.2 Å². The van der Waals surface area contributed by atoms with Crippen molar-refractivity contribution in [1.29, 1.82) is 0 Å². The maximum absolute atomic E-state index is 12.6. The summed E-state index contributed by atoms with van der Waals surface area (Å²) in [6.07, 6.45) is 5.70. The fourth-order valence-corrected chi connectivity index (χ4v) is 2.89. The Labute approximate surface area is 134 Å². The molecular weight excluding hydrogens is 298 g/mol. The molecule has 0 spiro atoms. The van der Waals surface area contributed by atoms with Gasteiger partial charge in [-0.15, -0.1) is 0 Å². The molecule has 0 radical (unpaired) electrons. The van der Waals surface area contributed by atoms with Gasteiger partial charge in [-0.2, -0.15) is 0 Å². The molecule has 0 saturated heterocycles. The molecule has 2 heterocycles. The number of amides is 1. The van der Waals surface area contributed by atoms with Crippen LogP contribution in [0.5, 0.6) is 0 Å². The van der Waals surface area contributed by atoms with Crippen LogP contribution in [0.2, 0.25) is 0 Å². The second kappa shape index (κ2) is 6.00. The summed E-state index contributed by atoms with van der Waals surface area (Å²) in [6, 6.07) is 0. The Bertz CT molecular complexity index is 717. The van der Waals surface area contributed by atoms with Gasteiger partial charge in [0.2, 0.25) is 0 Å². The molecule has 7 heteroatoms. The number of hydrogen-bond donors (Lipinski definition) is 0. The standard InChI is InChI=1S/C16H19N3O4/c1-4-23-16(21)14-13-8-18(2)15(20)11-7-10(22-3)5-6-12(11)19(13)9-17-14/h5-6,9-10H,4,7-8H2,1-3H3. The van der Waals surface area contributed by atoms with Crippen molar-refractivity contribution in [2.24, 2.45) is 0 Å². The monoisotopic (exact) mass is 317 g/mol. The zero-order valence-electron chi connectivity index (χ0n) is 13.4. The Morgan fingerprint density at radius 3 is 2.96 bits per heavy atom. The number of allylic oxidation sites excluding steroid dienone is 2. The SMILES string of the molecule is CCOC(=O)c1ncn2c1CN(C)C(=O)C1=C2C=CC(OC)C1. The lowest BCUT2D eigenvalue weighted by Crippen LogP contribution is -2.29. The van der Waals surface area contributed by atoms with Crippen LogP contribution in [0.3, 0.4) is 0 Å². The summed E-state index contributed by atoms with van der Waals surface area (Å²) in [5, 5.41) is 0. The van der Waals surface area contributed by atoms with Crippen molar-refractivity contribution >= 4 is 17.6 Å². The van der Waals surface area contributed by atoms with E-state index in [-0.39, 0.29) is 24.3 Å². The van der Waals surface area contributed by atoms with Crippen molar-refractivity contribution < 1.29 is 19.1 Å². The van der Waals surface area contributed by atoms with Gasteiger partial charge in [-0.05, 0) is 13.0 Å². The minimum atomic E-state index is -0.472. The number of aromatic nitrogens is 2. The maximum atomic E-state index is 12.6. The van der Waals surface area contributed by atoms with Crippen molar-refractivity contribution in [3.63, 3.8) is 0 Å². The third kappa shape index (κ3) is 2.57. The van der Waals surface area contributed by atoms with E-state index < -0.39 is 5.97 Å². The molecule has 0 bridgehead atoms. The number of hydrogen-bond acceptors (Lipinski definition) is 5. The maximum Gasteiger partial charge on any atom is 0.358 e. The van der Waals surface area contributed by atoms with Crippen LogP contribution in [0.1, 0.15) is 29.5 Å². The van der Waals surface area contributed by atoms with Gasteiger partial charge in [0.25, 0.3) is 5.91 Å². The van der Waals surface area contributed by atoms with Crippen LogP contribution < -0.4 is 0 Å². The minimum Gasteiger partial charge on any atom is -0.461 e. The van der Waals surface area contributed by atoms with Gasteiger partial charge >= 0.3 is 5.97 Å². The highest BCUT2D eigenvalue weighted by atomic mass is 16.5. The van der Waals surface area contributed by atoms with Crippen LogP contribution in [-0.4, -0.2) is 53.2 Å². The summed E-state index contributed by atoms with van der Waals surface area (Å²) in [5.74, 6) is -0.536. The lowest BCUT2D eigenvalue weighted by atomic mass is 9.99. The van der Waals surface area contributed by atoms with Gasteiger partial charge in [0.15, 0.2) is 5.69 Å². The molecule has 0 fully saturated rings. The summed E-state index contributed by atoms with van der Waals surface area (Å²) >= 11 is 0. The zero-order chi connectivity index (χ0) is 16.6. The Morgan fingerprint density at radius 1 is 1.48 bits per heavy atom. The molecular formula is C16H19N3O4. The normalized spacial score (nSPS) is 20.2. The van der Waals surface area contributed by atoms with Crippen molar-refractivity contribution in [2.75, 3.05) is 20.8 Å². The summed E-state index contributed by atoms with van der Waals surface area (Å²) in [5.41, 5.74) is 2.31. The molecule has 3 rings (SSSR count). The highest BCUT2D eigenvalue weighted by Gasteiger charge is 2.32. The molecule has 1 atom stereocenters. The van der Waals surface area contributed by atoms with E-state index in [1.54, 1.807) is 36.9 Å². The summed E-state index contributed by atoms with van der Waals surface area (Å²) in [7, 11) is 3.33.